The minimum absolute atomic E-state index is 0.291. The quantitative estimate of drug-likeness (QED) is 0.803. The van der Waals surface area contributed by atoms with Crippen LogP contribution in [0.25, 0.3) is 5.69 Å². The average molecular weight is 329 g/mol. The summed E-state index contributed by atoms with van der Waals surface area (Å²) in [6, 6.07) is 18.0. The van der Waals surface area contributed by atoms with Gasteiger partial charge in [0.15, 0.2) is 0 Å². The molecule has 2 aromatic carbocycles. The largest absolute Gasteiger partial charge is 0.366 e. The number of hydrogen-bond donors (Lipinski definition) is 1. The highest BCUT2D eigenvalue weighted by molar-refractivity contribution is 9.10. The van der Waals surface area contributed by atoms with Gasteiger partial charge in [-0.05, 0) is 29.8 Å². The molecule has 1 heterocycles. The minimum Gasteiger partial charge on any atom is -0.366 e. The molecule has 1 aromatic heterocycles. The first kappa shape index (κ1) is 12.9. The zero-order chi connectivity index (χ0) is 13.9. The third-order valence-electron chi connectivity index (χ3n) is 2.94. The number of nitrogen functional groups attached to an aromatic ring is 1. The average Bonchev–Trinajstić information content (AvgIpc) is 2.80. The maximum Gasteiger partial charge on any atom is 0.240 e. The van der Waals surface area contributed by atoms with Crippen LogP contribution in [0.2, 0.25) is 0 Å². The molecule has 100 valence electrons. The van der Waals surface area contributed by atoms with Gasteiger partial charge >= 0.3 is 0 Å². The third kappa shape index (κ3) is 2.72. The molecule has 0 aliphatic carbocycles. The molecular formula is C15H13BrN4. The van der Waals surface area contributed by atoms with Crippen LogP contribution in [0.5, 0.6) is 0 Å². The summed E-state index contributed by atoms with van der Waals surface area (Å²) in [6.45, 7) is 0. The number of halogens is 1. The van der Waals surface area contributed by atoms with Gasteiger partial charge in [-0.1, -0.05) is 46.3 Å². The predicted molar refractivity (Wildman–Crippen MR) is 82.7 cm³/mol. The number of para-hydroxylation sites is 1. The Morgan fingerprint density at radius 3 is 2.60 bits per heavy atom. The molecule has 4 nitrogen and oxygen atoms in total. The highest BCUT2D eigenvalue weighted by Crippen LogP contribution is 2.17. The molecule has 0 radical (unpaired) electrons. The van der Waals surface area contributed by atoms with Crippen LogP contribution in [0, 0.1) is 0 Å². The number of nitrogens with two attached hydrogens (primary N) is 1. The van der Waals surface area contributed by atoms with Crippen molar-refractivity contribution < 1.29 is 0 Å². The summed E-state index contributed by atoms with van der Waals surface area (Å²) in [5.41, 5.74) is 7.86. The summed E-state index contributed by atoms with van der Waals surface area (Å²) in [7, 11) is 0. The molecule has 0 atom stereocenters. The fourth-order valence-electron chi connectivity index (χ4n) is 2.08. The zero-order valence-electron chi connectivity index (χ0n) is 10.7. The van der Waals surface area contributed by atoms with E-state index >= 15 is 0 Å². The van der Waals surface area contributed by atoms with Crippen molar-refractivity contribution >= 4 is 21.9 Å². The number of hydrogen-bond acceptors (Lipinski definition) is 3. The molecule has 0 aliphatic heterocycles. The van der Waals surface area contributed by atoms with Gasteiger partial charge < -0.3 is 5.73 Å². The first-order chi connectivity index (χ1) is 9.72. The zero-order valence-corrected chi connectivity index (χ0v) is 12.3. The molecule has 0 fully saturated rings. The summed E-state index contributed by atoms with van der Waals surface area (Å²) in [5.74, 6) is 1.12. The maximum absolute atomic E-state index is 5.75. The van der Waals surface area contributed by atoms with Crippen LogP contribution < -0.4 is 5.73 Å². The maximum atomic E-state index is 5.75. The van der Waals surface area contributed by atoms with Crippen LogP contribution in [0.15, 0.2) is 59.1 Å². The Kier molecular flexibility index (Phi) is 3.52. The number of nitrogens with zero attached hydrogens (tertiary/aromatic N) is 3. The Labute approximate surface area is 125 Å². The van der Waals surface area contributed by atoms with Gasteiger partial charge in [-0.3, -0.25) is 0 Å². The van der Waals surface area contributed by atoms with Gasteiger partial charge in [0.2, 0.25) is 5.95 Å². The molecule has 0 spiro atoms. The van der Waals surface area contributed by atoms with Crippen LogP contribution in [0.1, 0.15) is 11.4 Å². The van der Waals surface area contributed by atoms with Crippen LogP contribution in [-0.2, 0) is 6.42 Å². The number of rotatable bonds is 3. The Balaban J connectivity index is 1.98. The van der Waals surface area contributed by atoms with Crippen molar-refractivity contribution in [3.05, 3.63) is 70.5 Å². The van der Waals surface area contributed by atoms with Crippen molar-refractivity contribution in [3.63, 3.8) is 0 Å². The highest BCUT2D eigenvalue weighted by atomic mass is 79.9. The van der Waals surface area contributed by atoms with E-state index in [4.69, 9.17) is 5.73 Å². The van der Waals surface area contributed by atoms with E-state index in [2.05, 4.69) is 38.1 Å². The van der Waals surface area contributed by atoms with Crippen molar-refractivity contribution in [1.29, 1.82) is 0 Å². The normalized spacial score (nSPS) is 10.7. The second-order valence-electron chi connectivity index (χ2n) is 4.44. The molecule has 3 rings (SSSR count). The molecule has 0 aliphatic rings. The first-order valence-electron chi connectivity index (χ1n) is 6.23. The molecule has 20 heavy (non-hydrogen) atoms. The monoisotopic (exact) mass is 328 g/mol. The molecule has 2 N–H and O–H groups in total. The van der Waals surface area contributed by atoms with Gasteiger partial charge in [0.1, 0.15) is 5.82 Å². The predicted octanol–water partition coefficient (Wildman–Crippen LogP) is 3.20. The van der Waals surface area contributed by atoms with E-state index in [9.17, 15) is 0 Å². The summed E-state index contributed by atoms with van der Waals surface area (Å²) in [6.07, 6.45) is 0.679. The molecule has 0 amide bonds. The topological polar surface area (TPSA) is 56.7 Å². The SMILES string of the molecule is Nc1nc(Cc2cccc(Br)c2)n(-c2ccccc2)n1. The van der Waals surface area contributed by atoms with Gasteiger partial charge in [-0.25, -0.2) is 4.68 Å². The number of benzene rings is 2. The van der Waals surface area contributed by atoms with Crippen molar-refractivity contribution in [1.82, 2.24) is 14.8 Å². The molecular weight excluding hydrogens is 316 g/mol. The lowest BCUT2D eigenvalue weighted by molar-refractivity contribution is 0.814. The van der Waals surface area contributed by atoms with Gasteiger partial charge in [0, 0.05) is 10.9 Å². The first-order valence-corrected chi connectivity index (χ1v) is 7.03. The van der Waals surface area contributed by atoms with Crippen LogP contribution in [-0.4, -0.2) is 14.8 Å². The summed E-state index contributed by atoms with van der Waals surface area (Å²) in [5, 5.41) is 4.27. The van der Waals surface area contributed by atoms with Gasteiger partial charge in [-0.2, -0.15) is 4.98 Å². The second kappa shape index (κ2) is 5.46. The van der Waals surface area contributed by atoms with Crippen molar-refractivity contribution in [2.45, 2.75) is 6.42 Å². The molecule has 0 bridgehead atoms. The summed E-state index contributed by atoms with van der Waals surface area (Å²) in [4.78, 5) is 4.33. The number of anilines is 1. The Morgan fingerprint density at radius 2 is 1.85 bits per heavy atom. The molecule has 0 saturated heterocycles. The second-order valence-corrected chi connectivity index (χ2v) is 5.36. The van der Waals surface area contributed by atoms with E-state index in [1.54, 1.807) is 4.68 Å². The fourth-order valence-corrected chi connectivity index (χ4v) is 2.53. The number of aromatic nitrogens is 3. The van der Waals surface area contributed by atoms with E-state index < -0.39 is 0 Å². The van der Waals surface area contributed by atoms with Crippen LogP contribution >= 0.6 is 15.9 Å². The fraction of sp³-hybridized carbons (Fsp3) is 0.0667. The Bertz CT molecular complexity index is 722. The van der Waals surface area contributed by atoms with Gasteiger partial charge in [0.05, 0.1) is 5.69 Å². The Morgan fingerprint density at radius 1 is 1.05 bits per heavy atom. The van der Waals surface area contributed by atoms with Gasteiger partial charge in [0.25, 0.3) is 0 Å². The summed E-state index contributed by atoms with van der Waals surface area (Å²) >= 11 is 3.48. The third-order valence-corrected chi connectivity index (χ3v) is 3.44. The van der Waals surface area contributed by atoms with E-state index in [-0.39, 0.29) is 0 Å². The highest BCUT2D eigenvalue weighted by Gasteiger charge is 2.10. The van der Waals surface area contributed by atoms with Crippen molar-refractivity contribution in [3.8, 4) is 5.69 Å². The smallest absolute Gasteiger partial charge is 0.240 e. The lowest BCUT2D eigenvalue weighted by Gasteiger charge is -2.06. The molecule has 0 saturated carbocycles. The lowest BCUT2D eigenvalue weighted by Crippen LogP contribution is -2.03. The lowest BCUT2D eigenvalue weighted by atomic mass is 10.1. The van der Waals surface area contributed by atoms with E-state index in [1.165, 1.54) is 0 Å². The Hall–Kier alpha value is -2.14. The molecule has 3 aromatic rings. The van der Waals surface area contributed by atoms with E-state index in [1.807, 2.05) is 42.5 Å². The molecule has 0 unspecified atom stereocenters. The van der Waals surface area contributed by atoms with Crippen molar-refractivity contribution in [2.24, 2.45) is 0 Å². The minimum atomic E-state index is 0.291. The standard InChI is InChI=1S/C15H13BrN4/c16-12-6-4-5-11(9-12)10-14-18-15(17)19-20(14)13-7-2-1-3-8-13/h1-9H,10H2,(H2,17,19). The van der Waals surface area contributed by atoms with Crippen molar-refractivity contribution in [2.75, 3.05) is 5.73 Å². The van der Waals surface area contributed by atoms with E-state index in [0.717, 1.165) is 21.5 Å². The van der Waals surface area contributed by atoms with Gasteiger partial charge in [-0.15, -0.1) is 5.10 Å². The van der Waals surface area contributed by atoms with Crippen LogP contribution in [0.3, 0.4) is 0 Å². The molecule has 5 heteroatoms. The van der Waals surface area contributed by atoms with Crippen LogP contribution in [0.4, 0.5) is 5.95 Å². The summed E-state index contributed by atoms with van der Waals surface area (Å²) < 4.78 is 2.84. The van der Waals surface area contributed by atoms with E-state index in [0.29, 0.717) is 12.4 Å².